The number of likely N-dealkylation sites (tertiary alicyclic amines) is 1. The molecule has 1 heterocycles. The van der Waals surface area contributed by atoms with E-state index in [-0.39, 0.29) is 23.1 Å². The van der Waals surface area contributed by atoms with Crippen molar-refractivity contribution in [3.63, 3.8) is 0 Å². The van der Waals surface area contributed by atoms with Crippen molar-refractivity contribution < 1.29 is 19.8 Å². The Balaban J connectivity index is 2.11. The first-order chi connectivity index (χ1) is 9.00. The van der Waals surface area contributed by atoms with E-state index in [0.717, 1.165) is 0 Å². The number of hydrogen-bond acceptors (Lipinski definition) is 3. The number of carbonyl (C=O) groups is 2. The normalized spacial score (nSPS) is 23.1. The molecule has 19 heavy (non-hydrogen) atoms. The van der Waals surface area contributed by atoms with Crippen molar-refractivity contribution >= 4 is 11.9 Å². The van der Waals surface area contributed by atoms with Crippen LogP contribution in [0, 0.1) is 11.8 Å². The average Bonchev–Trinajstić information content (AvgIpc) is 2.38. The van der Waals surface area contributed by atoms with Gasteiger partial charge in [-0.1, -0.05) is 19.1 Å². The van der Waals surface area contributed by atoms with Gasteiger partial charge in [-0.25, -0.2) is 0 Å². The van der Waals surface area contributed by atoms with E-state index in [0.29, 0.717) is 19.5 Å². The summed E-state index contributed by atoms with van der Waals surface area (Å²) >= 11 is 0. The summed E-state index contributed by atoms with van der Waals surface area (Å²) in [5.74, 6) is -1.56. The minimum absolute atomic E-state index is 0.0412. The molecule has 1 amide bonds. The molecule has 1 aliphatic rings. The van der Waals surface area contributed by atoms with Gasteiger partial charge < -0.3 is 15.1 Å². The molecule has 2 rings (SSSR count). The number of rotatable bonds is 2. The molecule has 5 nitrogen and oxygen atoms in total. The van der Waals surface area contributed by atoms with Crippen LogP contribution in [-0.2, 0) is 4.79 Å². The van der Waals surface area contributed by atoms with Crippen molar-refractivity contribution in [3.8, 4) is 5.75 Å². The summed E-state index contributed by atoms with van der Waals surface area (Å²) in [5.41, 5.74) is 0.267. The van der Waals surface area contributed by atoms with E-state index in [9.17, 15) is 14.7 Å². The van der Waals surface area contributed by atoms with Crippen LogP contribution in [-0.4, -0.2) is 40.1 Å². The SMILES string of the molecule is CC1CN(C(=O)c2ccccc2O)CCC1C(=O)O. The smallest absolute Gasteiger partial charge is 0.306 e. The Kier molecular flexibility index (Phi) is 3.74. The van der Waals surface area contributed by atoms with Crippen LogP contribution < -0.4 is 0 Å². The molecule has 1 aliphatic heterocycles. The second-order valence-electron chi connectivity index (χ2n) is 4.98. The van der Waals surface area contributed by atoms with Crippen molar-refractivity contribution in [1.82, 2.24) is 4.90 Å². The van der Waals surface area contributed by atoms with Crippen LogP contribution >= 0.6 is 0 Å². The predicted octanol–water partition coefficient (Wildman–Crippen LogP) is 1.57. The number of para-hydroxylation sites is 1. The fourth-order valence-corrected chi connectivity index (χ4v) is 2.52. The lowest BCUT2D eigenvalue weighted by atomic mass is 9.87. The number of phenolic OH excluding ortho intramolecular Hbond substituents is 1. The second-order valence-corrected chi connectivity index (χ2v) is 4.98. The topological polar surface area (TPSA) is 77.8 Å². The molecule has 1 aromatic carbocycles. The number of piperidine rings is 1. The van der Waals surface area contributed by atoms with E-state index in [1.807, 2.05) is 6.92 Å². The molecular weight excluding hydrogens is 246 g/mol. The number of carboxylic acids is 1. The monoisotopic (exact) mass is 263 g/mol. The lowest BCUT2D eigenvalue weighted by Crippen LogP contribution is -2.45. The molecule has 2 unspecified atom stereocenters. The molecule has 2 atom stereocenters. The highest BCUT2D eigenvalue weighted by Crippen LogP contribution is 2.26. The number of aliphatic carboxylic acids is 1. The number of benzene rings is 1. The highest BCUT2D eigenvalue weighted by atomic mass is 16.4. The highest BCUT2D eigenvalue weighted by molar-refractivity contribution is 5.96. The number of phenols is 1. The Morgan fingerprint density at radius 1 is 1.32 bits per heavy atom. The maximum absolute atomic E-state index is 12.3. The third-order valence-corrected chi connectivity index (χ3v) is 3.64. The second kappa shape index (κ2) is 5.30. The molecule has 1 fully saturated rings. The quantitative estimate of drug-likeness (QED) is 0.849. The zero-order chi connectivity index (χ0) is 14.0. The molecule has 0 spiro atoms. The van der Waals surface area contributed by atoms with Crippen molar-refractivity contribution in [2.24, 2.45) is 11.8 Å². The highest BCUT2D eigenvalue weighted by Gasteiger charge is 2.33. The minimum atomic E-state index is -0.804. The molecule has 102 valence electrons. The maximum atomic E-state index is 12.3. The van der Waals surface area contributed by atoms with Crippen LogP contribution in [0.2, 0.25) is 0 Å². The molecule has 0 aliphatic carbocycles. The van der Waals surface area contributed by atoms with Gasteiger partial charge in [0.05, 0.1) is 11.5 Å². The van der Waals surface area contributed by atoms with Crippen LogP contribution in [0.3, 0.4) is 0 Å². The number of carboxylic acid groups (broad SMARTS) is 1. The number of nitrogens with zero attached hydrogens (tertiary/aromatic N) is 1. The molecule has 1 saturated heterocycles. The third kappa shape index (κ3) is 2.70. The van der Waals surface area contributed by atoms with Crippen molar-refractivity contribution in [1.29, 1.82) is 0 Å². The van der Waals surface area contributed by atoms with Gasteiger partial charge in [0.2, 0.25) is 0 Å². The summed E-state index contributed by atoms with van der Waals surface area (Å²) in [6.45, 7) is 2.65. The van der Waals surface area contributed by atoms with Gasteiger partial charge >= 0.3 is 5.97 Å². The summed E-state index contributed by atoms with van der Waals surface area (Å²) in [5, 5.41) is 18.7. The zero-order valence-electron chi connectivity index (χ0n) is 10.7. The van der Waals surface area contributed by atoms with Crippen LogP contribution in [0.1, 0.15) is 23.7 Å². The Morgan fingerprint density at radius 3 is 2.58 bits per heavy atom. The van der Waals surface area contributed by atoms with Gasteiger partial charge in [-0.05, 0) is 24.5 Å². The Morgan fingerprint density at radius 2 is 2.00 bits per heavy atom. The number of hydrogen-bond donors (Lipinski definition) is 2. The van der Waals surface area contributed by atoms with E-state index in [2.05, 4.69) is 0 Å². The lowest BCUT2D eigenvalue weighted by molar-refractivity contribution is -0.145. The first-order valence-corrected chi connectivity index (χ1v) is 6.30. The molecule has 0 bridgehead atoms. The Bertz CT molecular complexity index is 500. The summed E-state index contributed by atoms with van der Waals surface area (Å²) in [6.07, 6.45) is 0.454. The van der Waals surface area contributed by atoms with Crippen LogP contribution in [0.4, 0.5) is 0 Å². The summed E-state index contributed by atoms with van der Waals surface area (Å²) in [6, 6.07) is 6.40. The number of aromatic hydroxyl groups is 1. The lowest BCUT2D eigenvalue weighted by Gasteiger charge is -2.35. The molecule has 5 heteroatoms. The van der Waals surface area contributed by atoms with Crippen LogP contribution in [0.5, 0.6) is 5.75 Å². The van der Waals surface area contributed by atoms with Gasteiger partial charge in [-0.3, -0.25) is 9.59 Å². The zero-order valence-corrected chi connectivity index (χ0v) is 10.7. The Hall–Kier alpha value is -2.04. The number of amides is 1. The fourth-order valence-electron chi connectivity index (χ4n) is 2.52. The van der Waals surface area contributed by atoms with Gasteiger partial charge in [0.25, 0.3) is 5.91 Å². The van der Waals surface area contributed by atoms with Gasteiger partial charge in [0, 0.05) is 13.1 Å². The van der Waals surface area contributed by atoms with E-state index in [4.69, 9.17) is 5.11 Å². The van der Waals surface area contributed by atoms with E-state index in [1.165, 1.54) is 6.07 Å². The molecule has 0 radical (unpaired) electrons. The largest absolute Gasteiger partial charge is 0.507 e. The van der Waals surface area contributed by atoms with Crippen LogP contribution in [0.25, 0.3) is 0 Å². The van der Waals surface area contributed by atoms with Gasteiger partial charge in [0.1, 0.15) is 5.75 Å². The molecule has 2 N–H and O–H groups in total. The number of carbonyl (C=O) groups excluding carboxylic acids is 1. The predicted molar refractivity (Wildman–Crippen MR) is 68.9 cm³/mol. The van der Waals surface area contributed by atoms with E-state index < -0.39 is 11.9 Å². The molecule has 1 aromatic rings. The van der Waals surface area contributed by atoms with Gasteiger partial charge in [-0.2, -0.15) is 0 Å². The molecular formula is C14H17NO4. The Labute approximate surface area is 111 Å². The minimum Gasteiger partial charge on any atom is -0.507 e. The van der Waals surface area contributed by atoms with Crippen molar-refractivity contribution in [2.45, 2.75) is 13.3 Å². The molecule has 0 saturated carbocycles. The fraction of sp³-hybridized carbons (Fsp3) is 0.429. The van der Waals surface area contributed by atoms with Crippen molar-refractivity contribution in [3.05, 3.63) is 29.8 Å². The standard InChI is InChI=1S/C14H17NO4/c1-9-8-15(7-6-10(9)14(18)19)13(17)11-4-2-3-5-12(11)16/h2-5,9-10,16H,6-8H2,1H3,(H,18,19). The first kappa shape index (κ1) is 13.4. The van der Waals surface area contributed by atoms with Crippen molar-refractivity contribution in [2.75, 3.05) is 13.1 Å². The van der Waals surface area contributed by atoms with E-state index in [1.54, 1.807) is 23.1 Å². The van der Waals surface area contributed by atoms with Gasteiger partial charge in [0.15, 0.2) is 0 Å². The van der Waals surface area contributed by atoms with E-state index >= 15 is 0 Å². The summed E-state index contributed by atoms with van der Waals surface area (Å²) in [4.78, 5) is 24.9. The first-order valence-electron chi connectivity index (χ1n) is 6.30. The summed E-state index contributed by atoms with van der Waals surface area (Å²) in [7, 11) is 0. The van der Waals surface area contributed by atoms with Gasteiger partial charge in [-0.15, -0.1) is 0 Å². The third-order valence-electron chi connectivity index (χ3n) is 3.64. The molecule has 0 aromatic heterocycles. The maximum Gasteiger partial charge on any atom is 0.306 e. The van der Waals surface area contributed by atoms with Crippen LogP contribution in [0.15, 0.2) is 24.3 Å². The summed E-state index contributed by atoms with van der Waals surface area (Å²) < 4.78 is 0. The average molecular weight is 263 g/mol.